The van der Waals surface area contributed by atoms with Crippen molar-refractivity contribution >= 4 is 11.3 Å². The van der Waals surface area contributed by atoms with Crippen molar-refractivity contribution in [2.45, 2.75) is 19.4 Å². The van der Waals surface area contributed by atoms with Gasteiger partial charge in [-0.2, -0.15) is 0 Å². The van der Waals surface area contributed by atoms with E-state index in [-0.39, 0.29) is 6.04 Å². The Morgan fingerprint density at radius 1 is 1.41 bits per heavy atom. The maximum atomic E-state index is 13.5. The van der Waals surface area contributed by atoms with Gasteiger partial charge in [-0.25, -0.2) is 13.8 Å². The molecule has 0 aliphatic rings. The number of nitrogens with zero attached hydrogens (tertiary/aromatic N) is 1. The quantitative estimate of drug-likeness (QED) is 0.910. The molecule has 0 aliphatic heterocycles. The normalized spacial score (nSPS) is 12.7. The Kier molecular flexibility index (Phi) is 3.49. The molecule has 0 aliphatic carbocycles. The second-order valence-corrected chi connectivity index (χ2v) is 4.60. The van der Waals surface area contributed by atoms with Crippen molar-refractivity contribution in [2.24, 2.45) is 5.73 Å². The van der Waals surface area contributed by atoms with Gasteiger partial charge in [0.25, 0.3) is 0 Å². The van der Waals surface area contributed by atoms with E-state index in [1.807, 2.05) is 6.92 Å². The van der Waals surface area contributed by atoms with Gasteiger partial charge in [0, 0.05) is 17.0 Å². The summed E-state index contributed by atoms with van der Waals surface area (Å²) in [5.41, 5.74) is 6.65. The number of thiazole rings is 1. The molecule has 0 saturated heterocycles. The number of rotatable bonds is 3. The highest BCUT2D eigenvalue weighted by Crippen LogP contribution is 2.27. The second kappa shape index (κ2) is 4.89. The van der Waals surface area contributed by atoms with Crippen LogP contribution in [0.4, 0.5) is 8.78 Å². The zero-order valence-electron chi connectivity index (χ0n) is 9.28. The molecule has 0 bridgehead atoms. The number of nitrogens with two attached hydrogens (primary N) is 1. The molecule has 5 heteroatoms. The standard InChI is InChI=1S/C12H12F2N2S/c1-2-10(15)12-16-11(6-17-12)8-4-3-7(13)5-9(8)14/h3-6,10H,2,15H2,1H3. The highest BCUT2D eigenvalue weighted by Gasteiger charge is 2.13. The lowest BCUT2D eigenvalue weighted by Crippen LogP contribution is -2.07. The van der Waals surface area contributed by atoms with Crippen molar-refractivity contribution in [1.82, 2.24) is 4.98 Å². The van der Waals surface area contributed by atoms with E-state index in [1.54, 1.807) is 5.38 Å². The van der Waals surface area contributed by atoms with Gasteiger partial charge in [-0.05, 0) is 18.6 Å². The largest absolute Gasteiger partial charge is 0.322 e. The fourth-order valence-electron chi connectivity index (χ4n) is 1.45. The predicted octanol–water partition coefficient (Wildman–Crippen LogP) is 3.50. The number of hydrogen-bond acceptors (Lipinski definition) is 3. The van der Waals surface area contributed by atoms with Gasteiger partial charge in [-0.3, -0.25) is 0 Å². The lowest BCUT2D eigenvalue weighted by molar-refractivity contribution is 0.585. The van der Waals surface area contributed by atoms with Crippen molar-refractivity contribution in [1.29, 1.82) is 0 Å². The van der Waals surface area contributed by atoms with Crippen molar-refractivity contribution in [3.63, 3.8) is 0 Å². The van der Waals surface area contributed by atoms with E-state index in [4.69, 9.17) is 5.73 Å². The average Bonchev–Trinajstić information content (AvgIpc) is 2.77. The van der Waals surface area contributed by atoms with Crippen LogP contribution in [-0.2, 0) is 0 Å². The van der Waals surface area contributed by atoms with E-state index < -0.39 is 11.6 Å². The van der Waals surface area contributed by atoms with Crippen LogP contribution in [0.5, 0.6) is 0 Å². The summed E-state index contributed by atoms with van der Waals surface area (Å²) in [5, 5.41) is 2.51. The molecule has 90 valence electrons. The van der Waals surface area contributed by atoms with Crippen LogP contribution in [0.25, 0.3) is 11.3 Å². The first kappa shape index (κ1) is 12.1. The second-order valence-electron chi connectivity index (χ2n) is 3.71. The summed E-state index contributed by atoms with van der Waals surface area (Å²) >= 11 is 1.39. The van der Waals surface area contributed by atoms with Crippen LogP contribution in [-0.4, -0.2) is 4.98 Å². The summed E-state index contributed by atoms with van der Waals surface area (Å²) < 4.78 is 26.3. The third kappa shape index (κ3) is 2.50. The molecule has 1 aromatic heterocycles. The van der Waals surface area contributed by atoms with Gasteiger partial charge in [0.05, 0.1) is 11.7 Å². The van der Waals surface area contributed by atoms with Crippen molar-refractivity contribution < 1.29 is 8.78 Å². The highest BCUT2D eigenvalue weighted by molar-refractivity contribution is 7.10. The Morgan fingerprint density at radius 3 is 2.82 bits per heavy atom. The Balaban J connectivity index is 2.37. The predicted molar refractivity (Wildman–Crippen MR) is 64.7 cm³/mol. The molecule has 17 heavy (non-hydrogen) atoms. The zero-order chi connectivity index (χ0) is 12.4. The molecule has 0 fully saturated rings. The Morgan fingerprint density at radius 2 is 2.18 bits per heavy atom. The maximum Gasteiger partial charge on any atom is 0.135 e. The van der Waals surface area contributed by atoms with Crippen LogP contribution in [0.3, 0.4) is 0 Å². The van der Waals surface area contributed by atoms with E-state index in [0.29, 0.717) is 11.3 Å². The molecule has 1 heterocycles. The molecule has 0 radical (unpaired) electrons. The van der Waals surface area contributed by atoms with Crippen LogP contribution in [0.1, 0.15) is 24.4 Å². The fraction of sp³-hybridized carbons (Fsp3) is 0.250. The molecule has 2 N–H and O–H groups in total. The van der Waals surface area contributed by atoms with Crippen molar-refractivity contribution in [2.75, 3.05) is 0 Å². The molecule has 0 amide bonds. The number of halogens is 2. The zero-order valence-corrected chi connectivity index (χ0v) is 10.1. The van der Waals surface area contributed by atoms with Crippen LogP contribution in [0.2, 0.25) is 0 Å². The van der Waals surface area contributed by atoms with Gasteiger partial charge in [-0.1, -0.05) is 6.92 Å². The first-order valence-corrected chi connectivity index (χ1v) is 6.16. The smallest absolute Gasteiger partial charge is 0.135 e. The SMILES string of the molecule is CCC(N)c1nc(-c2ccc(F)cc2F)cs1. The fourth-order valence-corrected chi connectivity index (χ4v) is 2.36. The molecule has 2 nitrogen and oxygen atoms in total. The van der Waals surface area contributed by atoms with E-state index >= 15 is 0 Å². The third-order valence-corrected chi connectivity index (χ3v) is 3.46. The number of benzene rings is 1. The van der Waals surface area contributed by atoms with Gasteiger partial charge in [-0.15, -0.1) is 11.3 Å². The molecule has 1 unspecified atom stereocenters. The molecule has 0 spiro atoms. The third-order valence-electron chi connectivity index (χ3n) is 2.49. The van der Waals surface area contributed by atoms with Gasteiger partial charge in [0.2, 0.25) is 0 Å². The Labute approximate surface area is 102 Å². The van der Waals surface area contributed by atoms with Gasteiger partial charge in [0.15, 0.2) is 0 Å². The minimum Gasteiger partial charge on any atom is -0.322 e. The lowest BCUT2D eigenvalue weighted by atomic mass is 10.1. The van der Waals surface area contributed by atoms with Gasteiger partial charge >= 0.3 is 0 Å². The van der Waals surface area contributed by atoms with Crippen LogP contribution in [0, 0.1) is 11.6 Å². The molecule has 1 atom stereocenters. The van der Waals surface area contributed by atoms with Gasteiger partial charge in [0.1, 0.15) is 16.6 Å². The van der Waals surface area contributed by atoms with Crippen molar-refractivity contribution in [3.8, 4) is 11.3 Å². The van der Waals surface area contributed by atoms with Crippen LogP contribution in [0.15, 0.2) is 23.6 Å². The summed E-state index contributed by atoms with van der Waals surface area (Å²) in [6.07, 6.45) is 0.777. The summed E-state index contributed by atoms with van der Waals surface area (Å²) in [6, 6.07) is 3.34. The molecule has 0 saturated carbocycles. The molecule has 1 aromatic carbocycles. The number of hydrogen-bond donors (Lipinski definition) is 1. The Hall–Kier alpha value is -1.33. The minimum atomic E-state index is -0.605. The van der Waals surface area contributed by atoms with Gasteiger partial charge < -0.3 is 5.73 Å². The lowest BCUT2D eigenvalue weighted by Gasteiger charge is -2.03. The summed E-state index contributed by atoms with van der Waals surface area (Å²) in [7, 11) is 0. The summed E-state index contributed by atoms with van der Waals surface area (Å²) in [5.74, 6) is -1.20. The summed E-state index contributed by atoms with van der Waals surface area (Å²) in [6.45, 7) is 1.96. The number of aromatic nitrogens is 1. The van der Waals surface area contributed by atoms with E-state index in [9.17, 15) is 8.78 Å². The first-order valence-electron chi connectivity index (χ1n) is 5.28. The van der Waals surface area contributed by atoms with Crippen LogP contribution < -0.4 is 5.73 Å². The Bertz CT molecular complexity index is 525. The average molecular weight is 254 g/mol. The first-order chi connectivity index (χ1) is 8.11. The molecule has 2 rings (SSSR count). The maximum absolute atomic E-state index is 13.5. The van der Waals surface area contributed by atoms with Crippen molar-refractivity contribution in [3.05, 3.63) is 40.2 Å². The molecule has 2 aromatic rings. The van der Waals surface area contributed by atoms with E-state index in [0.717, 1.165) is 17.5 Å². The monoisotopic (exact) mass is 254 g/mol. The van der Waals surface area contributed by atoms with Crippen LogP contribution >= 0.6 is 11.3 Å². The minimum absolute atomic E-state index is 0.128. The van der Waals surface area contributed by atoms with E-state index in [1.165, 1.54) is 23.5 Å². The molecular weight excluding hydrogens is 242 g/mol. The summed E-state index contributed by atoms with van der Waals surface area (Å²) in [4.78, 5) is 4.27. The highest BCUT2D eigenvalue weighted by atomic mass is 32.1. The van der Waals surface area contributed by atoms with E-state index in [2.05, 4.69) is 4.98 Å². The topological polar surface area (TPSA) is 38.9 Å². The molecular formula is C12H12F2N2S.